The summed E-state index contributed by atoms with van der Waals surface area (Å²) < 4.78 is 0. The standard InChI is InChI=1S/C14H22O/c1-5-7-13(15)14-11(4)10(3)8-9-12(14)6-2/h5,7-8,11-12,14H,6,9H2,1-4H3. The number of rotatable bonds is 3. The topological polar surface area (TPSA) is 17.1 Å². The van der Waals surface area contributed by atoms with E-state index in [1.165, 1.54) is 5.57 Å². The number of hydrogen-bond donors (Lipinski definition) is 0. The monoisotopic (exact) mass is 206 g/mol. The molecule has 0 N–H and O–H groups in total. The van der Waals surface area contributed by atoms with Crippen LogP contribution in [0.5, 0.6) is 0 Å². The third-order valence-corrected chi connectivity index (χ3v) is 3.69. The van der Waals surface area contributed by atoms with Crippen LogP contribution in [-0.4, -0.2) is 5.78 Å². The lowest BCUT2D eigenvalue weighted by molar-refractivity contribution is -0.121. The van der Waals surface area contributed by atoms with Gasteiger partial charge in [-0.25, -0.2) is 0 Å². The fraction of sp³-hybridized carbons (Fsp3) is 0.643. The predicted molar refractivity (Wildman–Crippen MR) is 64.6 cm³/mol. The van der Waals surface area contributed by atoms with Crippen molar-refractivity contribution in [2.45, 2.75) is 40.5 Å². The molecule has 0 spiro atoms. The van der Waals surface area contributed by atoms with Gasteiger partial charge in [-0.1, -0.05) is 38.0 Å². The van der Waals surface area contributed by atoms with Crippen LogP contribution in [0.4, 0.5) is 0 Å². The van der Waals surface area contributed by atoms with E-state index in [-0.39, 0.29) is 5.92 Å². The first kappa shape index (κ1) is 12.2. The molecule has 0 saturated carbocycles. The van der Waals surface area contributed by atoms with Gasteiger partial charge in [-0.15, -0.1) is 0 Å². The van der Waals surface area contributed by atoms with Gasteiger partial charge >= 0.3 is 0 Å². The van der Waals surface area contributed by atoms with Gasteiger partial charge in [0.05, 0.1) is 0 Å². The summed E-state index contributed by atoms with van der Waals surface area (Å²) in [7, 11) is 0. The molecule has 1 aliphatic carbocycles. The molecule has 0 aromatic rings. The normalized spacial score (nSPS) is 31.7. The zero-order valence-electron chi connectivity index (χ0n) is 10.3. The average Bonchev–Trinajstić information content (AvgIpc) is 2.22. The SMILES string of the molecule is CC=CC(=O)C1C(CC)CC=C(C)C1C. The van der Waals surface area contributed by atoms with E-state index >= 15 is 0 Å². The first-order valence-corrected chi connectivity index (χ1v) is 5.95. The van der Waals surface area contributed by atoms with Crippen molar-refractivity contribution in [2.75, 3.05) is 0 Å². The molecule has 84 valence electrons. The number of hydrogen-bond acceptors (Lipinski definition) is 1. The molecule has 0 heterocycles. The fourth-order valence-electron chi connectivity index (χ4n) is 2.54. The van der Waals surface area contributed by atoms with Crippen molar-refractivity contribution >= 4 is 5.78 Å². The molecule has 0 aromatic heterocycles. The number of carbonyl (C=O) groups is 1. The lowest BCUT2D eigenvalue weighted by Crippen LogP contribution is -2.31. The Kier molecular flexibility index (Phi) is 4.31. The molecule has 0 aliphatic heterocycles. The molecule has 0 bridgehead atoms. The summed E-state index contributed by atoms with van der Waals surface area (Å²) in [5, 5.41) is 0. The summed E-state index contributed by atoms with van der Waals surface area (Å²) in [6.45, 7) is 8.42. The van der Waals surface area contributed by atoms with Gasteiger partial charge in [-0.3, -0.25) is 4.79 Å². The third kappa shape index (κ3) is 2.58. The van der Waals surface area contributed by atoms with Gasteiger partial charge in [0.25, 0.3) is 0 Å². The summed E-state index contributed by atoms with van der Waals surface area (Å²) in [5.41, 5.74) is 1.38. The van der Waals surface area contributed by atoms with E-state index in [0.717, 1.165) is 12.8 Å². The molecule has 15 heavy (non-hydrogen) atoms. The fourth-order valence-corrected chi connectivity index (χ4v) is 2.54. The van der Waals surface area contributed by atoms with Gasteiger partial charge in [-0.05, 0) is 38.2 Å². The van der Waals surface area contributed by atoms with Crippen molar-refractivity contribution in [2.24, 2.45) is 17.8 Å². The van der Waals surface area contributed by atoms with Crippen LogP contribution in [0.15, 0.2) is 23.8 Å². The second-order valence-electron chi connectivity index (χ2n) is 4.57. The van der Waals surface area contributed by atoms with E-state index in [0.29, 0.717) is 17.6 Å². The third-order valence-electron chi connectivity index (χ3n) is 3.69. The highest BCUT2D eigenvalue weighted by molar-refractivity contribution is 5.92. The van der Waals surface area contributed by atoms with Gasteiger partial charge in [0.15, 0.2) is 5.78 Å². The molecule has 1 heteroatoms. The van der Waals surface area contributed by atoms with Crippen molar-refractivity contribution in [1.82, 2.24) is 0 Å². The number of carbonyl (C=O) groups excluding carboxylic acids is 1. The Labute approximate surface area is 93.3 Å². The minimum Gasteiger partial charge on any atom is -0.295 e. The van der Waals surface area contributed by atoms with Crippen LogP contribution in [0.25, 0.3) is 0 Å². The van der Waals surface area contributed by atoms with Gasteiger partial charge in [0, 0.05) is 5.92 Å². The van der Waals surface area contributed by atoms with Crippen molar-refractivity contribution < 1.29 is 4.79 Å². The highest BCUT2D eigenvalue weighted by Crippen LogP contribution is 2.37. The zero-order chi connectivity index (χ0) is 11.4. The highest BCUT2D eigenvalue weighted by Gasteiger charge is 2.33. The maximum absolute atomic E-state index is 12.0. The van der Waals surface area contributed by atoms with Crippen LogP contribution in [0.1, 0.15) is 40.5 Å². The molecule has 3 atom stereocenters. The Morgan fingerprint density at radius 1 is 1.60 bits per heavy atom. The molecule has 0 fully saturated rings. The van der Waals surface area contributed by atoms with Crippen LogP contribution < -0.4 is 0 Å². The molecule has 0 saturated heterocycles. The van der Waals surface area contributed by atoms with E-state index in [2.05, 4.69) is 26.8 Å². The van der Waals surface area contributed by atoms with E-state index in [4.69, 9.17) is 0 Å². The van der Waals surface area contributed by atoms with Crippen LogP contribution in [0.3, 0.4) is 0 Å². The van der Waals surface area contributed by atoms with Gasteiger partial charge < -0.3 is 0 Å². The smallest absolute Gasteiger partial charge is 0.159 e. The predicted octanol–water partition coefficient (Wildman–Crippen LogP) is 3.76. The Morgan fingerprint density at radius 3 is 2.80 bits per heavy atom. The van der Waals surface area contributed by atoms with Crippen molar-refractivity contribution in [3.63, 3.8) is 0 Å². The molecule has 0 radical (unpaired) electrons. The van der Waals surface area contributed by atoms with Gasteiger partial charge in [-0.2, -0.15) is 0 Å². The Bertz CT molecular complexity index is 286. The first-order chi connectivity index (χ1) is 7.11. The lowest BCUT2D eigenvalue weighted by atomic mass is 9.70. The molecule has 1 aliphatic rings. The first-order valence-electron chi connectivity index (χ1n) is 5.95. The van der Waals surface area contributed by atoms with Crippen molar-refractivity contribution in [3.8, 4) is 0 Å². The van der Waals surface area contributed by atoms with Crippen LogP contribution >= 0.6 is 0 Å². The minimum atomic E-state index is 0.205. The number of allylic oxidation sites excluding steroid dienone is 4. The summed E-state index contributed by atoms with van der Waals surface area (Å²) in [5.74, 6) is 1.46. The zero-order valence-corrected chi connectivity index (χ0v) is 10.3. The van der Waals surface area contributed by atoms with Crippen LogP contribution in [-0.2, 0) is 4.79 Å². The summed E-state index contributed by atoms with van der Waals surface area (Å²) in [6, 6.07) is 0. The number of ketones is 1. The molecule has 0 amide bonds. The molecule has 0 aromatic carbocycles. The van der Waals surface area contributed by atoms with Crippen molar-refractivity contribution in [3.05, 3.63) is 23.8 Å². The van der Waals surface area contributed by atoms with Crippen molar-refractivity contribution in [1.29, 1.82) is 0 Å². The molecular weight excluding hydrogens is 184 g/mol. The molecule has 3 unspecified atom stereocenters. The quantitative estimate of drug-likeness (QED) is 0.507. The average molecular weight is 206 g/mol. The van der Waals surface area contributed by atoms with Gasteiger partial charge in [0.2, 0.25) is 0 Å². The highest BCUT2D eigenvalue weighted by atomic mass is 16.1. The largest absolute Gasteiger partial charge is 0.295 e. The molecule has 1 nitrogen and oxygen atoms in total. The molecular formula is C14H22O. The van der Waals surface area contributed by atoms with E-state index in [1.807, 2.05) is 13.0 Å². The summed E-state index contributed by atoms with van der Waals surface area (Å²) in [4.78, 5) is 12.0. The maximum atomic E-state index is 12.0. The Balaban J connectivity index is 2.90. The van der Waals surface area contributed by atoms with Crippen LogP contribution in [0, 0.1) is 17.8 Å². The minimum absolute atomic E-state index is 0.205. The molecule has 1 rings (SSSR count). The van der Waals surface area contributed by atoms with E-state index in [9.17, 15) is 4.79 Å². The summed E-state index contributed by atoms with van der Waals surface area (Å²) in [6.07, 6.45) is 8.07. The Hall–Kier alpha value is -0.850. The summed E-state index contributed by atoms with van der Waals surface area (Å²) >= 11 is 0. The Morgan fingerprint density at radius 2 is 2.27 bits per heavy atom. The second kappa shape index (κ2) is 5.29. The van der Waals surface area contributed by atoms with Crippen LogP contribution in [0.2, 0.25) is 0 Å². The lowest BCUT2D eigenvalue weighted by Gasteiger charge is -2.33. The maximum Gasteiger partial charge on any atom is 0.159 e. The van der Waals surface area contributed by atoms with E-state index in [1.54, 1.807) is 6.08 Å². The van der Waals surface area contributed by atoms with E-state index < -0.39 is 0 Å². The van der Waals surface area contributed by atoms with Gasteiger partial charge in [0.1, 0.15) is 0 Å². The second-order valence-corrected chi connectivity index (χ2v) is 4.57.